The third-order valence-corrected chi connectivity index (χ3v) is 5.38. The highest BCUT2D eigenvalue weighted by Crippen LogP contribution is 2.37. The Morgan fingerprint density at radius 1 is 1.42 bits per heavy atom. The van der Waals surface area contributed by atoms with Crippen LogP contribution in [0.25, 0.3) is 0 Å². The minimum Gasteiger partial charge on any atom is -0.465 e. The lowest BCUT2D eigenvalue weighted by molar-refractivity contribution is -0.117. The van der Waals surface area contributed by atoms with Crippen molar-refractivity contribution in [3.8, 4) is 6.07 Å². The van der Waals surface area contributed by atoms with Gasteiger partial charge in [0.2, 0.25) is 5.91 Å². The lowest BCUT2D eigenvalue weighted by Gasteiger charge is -2.14. The van der Waals surface area contributed by atoms with Crippen molar-refractivity contribution in [1.29, 1.82) is 5.26 Å². The van der Waals surface area contributed by atoms with Crippen LogP contribution in [-0.2, 0) is 24.2 Å². The van der Waals surface area contributed by atoms with E-state index in [1.807, 2.05) is 31.0 Å². The van der Waals surface area contributed by atoms with Crippen molar-refractivity contribution >= 4 is 22.2 Å². The molecular weight excluding hydrogens is 322 g/mol. The number of nitrogens with zero attached hydrogens (tertiary/aromatic N) is 2. The summed E-state index contributed by atoms with van der Waals surface area (Å²) in [5.41, 5.74) is 1.80. The molecule has 1 aliphatic rings. The molecule has 0 radical (unpaired) electrons. The van der Waals surface area contributed by atoms with Gasteiger partial charge in [0.1, 0.15) is 22.6 Å². The molecule has 1 aliphatic carbocycles. The van der Waals surface area contributed by atoms with Crippen LogP contribution in [0.5, 0.6) is 0 Å². The molecule has 0 saturated carbocycles. The van der Waals surface area contributed by atoms with Gasteiger partial charge in [-0.05, 0) is 57.4 Å². The van der Waals surface area contributed by atoms with Crippen molar-refractivity contribution in [2.75, 3.05) is 18.9 Å². The van der Waals surface area contributed by atoms with Gasteiger partial charge in [-0.15, -0.1) is 11.3 Å². The molecule has 0 atom stereocenters. The predicted molar refractivity (Wildman–Crippen MR) is 94.1 cm³/mol. The molecule has 2 aromatic rings. The minimum absolute atomic E-state index is 0.101. The minimum atomic E-state index is -0.101. The number of aryl methyl sites for hydroxylation is 2. The van der Waals surface area contributed by atoms with E-state index in [1.165, 1.54) is 4.88 Å². The molecule has 3 rings (SSSR count). The highest BCUT2D eigenvalue weighted by Gasteiger charge is 2.22. The summed E-state index contributed by atoms with van der Waals surface area (Å²) in [6, 6.07) is 6.11. The first kappa shape index (κ1) is 16.7. The topological polar surface area (TPSA) is 69.3 Å². The number of hydrogen-bond donors (Lipinski definition) is 1. The van der Waals surface area contributed by atoms with E-state index in [0.29, 0.717) is 17.1 Å². The molecule has 2 heterocycles. The fourth-order valence-electron chi connectivity index (χ4n) is 3.08. The van der Waals surface area contributed by atoms with E-state index in [-0.39, 0.29) is 12.5 Å². The van der Waals surface area contributed by atoms with Crippen LogP contribution in [0.2, 0.25) is 0 Å². The Morgan fingerprint density at radius 2 is 2.21 bits per heavy atom. The van der Waals surface area contributed by atoms with Gasteiger partial charge in [-0.25, -0.2) is 0 Å². The molecule has 0 unspecified atom stereocenters. The highest BCUT2D eigenvalue weighted by molar-refractivity contribution is 7.16. The third-order valence-electron chi connectivity index (χ3n) is 4.17. The van der Waals surface area contributed by atoms with E-state index in [9.17, 15) is 10.1 Å². The average Bonchev–Trinajstić information content (AvgIpc) is 3.09. The van der Waals surface area contributed by atoms with Crippen LogP contribution in [0.4, 0.5) is 5.00 Å². The number of carbonyl (C=O) groups excluding carboxylic acids is 1. The van der Waals surface area contributed by atoms with Gasteiger partial charge in [0.25, 0.3) is 0 Å². The van der Waals surface area contributed by atoms with Crippen molar-refractivity contribution in [1.82, 2.24) is 4.90 Å². The summed E-state index contributed by atoms with van der Waals surface area (Å²) in [7, 11) is 1.88. The molecular formula is C18H21N3O2S. The van der Waals surface area contributed by atoms with Gasteiger partial charge in [-0.1, -0.05) is 0 Å². The van der Waals surface area contributed by atoms with E-state index in [4.69, 9.17) is 4.42 Å². The molecule has 0 aliphatic heterocycles. The molecule has 24 heavy (non-hydrogen) atoms. The summed E-state index contributed by atoms with van der Waals surface area (Å²) in [5, 5.41) is 13.1. The molecule has 0 bridgehead atoms. The van der Waals surface area contributed by atoms with Gasteiger partial charge in [-0.3, -0.25) is 9.69 Å². The zero-order chi connectivity index (χ0) is 17.1. The molecule has 126 valence electrons. The maximum atomic E-state index is 12.3. The quantitative estimate of drug-likeness (QED) is 0.902. The molecule has 0 saturated heterocycles. The lowest BCUT2D eigenvalue weighted by Crippen LogP contribution is -2.29. The van der Waals surface area contributed by atoms with Crippen molar-refractivity contribution in [2.45, 2.75) is 39.2 Å². The van der Waals surface area contributed by atoms with Crippen LogP contribution in [0.1, 0.15) is 40.4 Å². The number of anilines is 1. The second-order valence-corrected chi connectivity index (χ2v) is 7.36. The van der Waals surface area contributed by atoms with Crippen LogP contribution in [0.15, 0.2) is 16.5 Å². The zero-order valence-electron chi connectivity index (χ0n) is 14.0. The number of fused-ring (bicyclic) bond motifs is 1. The number of likely N-dealkylation sites (N-methyl/N-ethyl adjacent to an activating group) is 1. The number of carbonyl (C=O) groups is 1. The first-order valence-corrected chi connectivity index (χ1v) is 8.97. The number of amides is 1. The van der Waals surface area contributed by atoms with Gasteiger partial charge in [-0.2, -0.15) is 5.26 Å². The second-order valence-electron chi connectivity index (χ2n) is 6.26. The van der Waals surface area contributed by atoms with Gasteiger partial charge < -0.3 is 9.73 Å². The molecule has 5 nitrogen and oxygen atoms in total. The number of nitrogens with one attached hydrogen (secondary N) is 1. The van der Waals surface area contributed by atoms with Gasteiger partial charge in [0, 0.05) is 4.88 Å². The van der Waals surface area contributed by atoms with Crippen molar-refractivity contribution < 1.29 is 9.21 Å². The van der Waals surface area contributed by atoms with Crippen molar-refractivity contribution in [2.24, 2.45) is 0 Å². The van der Waals surface area contributed by atoms with Gasteiger partial charge >= 0.3 is 0 Å². The zero-order valence-corrected chi connectivity index (χ0v) is 14.8. The number of nitriles is 1. The fourth-order valence-corrected chi connectivity index (χ4v) is 4.33. The van der Waals surface area contributed by atoms with Crippen molar-refractivity contribution in [3.63, 3.8) is 0 Å². The normalized spacial score (nSPS) is 13.6. The summed E-state index contributed by atoms with van der Waals surface area (Å²) in [5.74, 6) is 1.61. The second kappa shape index (κ2) is 7.20. The smallest absolute Gasteiger partial charge is 0.239 e. The molecule has 1 N–H and O–H groups in total. The van der Waals surface area contributed by atoms with Crippen LogP contribution < -0.4 is 5.32 Å². The summed E-state index contributed by atoms with van der Waals surface area (Å²) in [6.07, 6.45) is 4.25. The summed E-state index contributed by atoms with van der Waals surface area (Å²) < 4.78 is 5.53. The Morgan fingerprint density at radius 3 is 2.92 bits per heavy atom. The Balaban J connectivity index is 1.62. The number of hydrogen-bond acceptors (Lipinski definition) is 5. The SMILES string of the molecule is Cc1ccc(CN(C)CC(=O)Nc2sc3c(c2C#N)CCCC3)o1. The maximum Gasteiger partial charge on any atom is 0.239 e. The lowest BCUT2D eigenvalue weighted by atomic mass is 9.96. The molecule has 2 aromatic heterocycles. The summed E-state index contributed by atoms with van der Waals surface area (Å²) in [6.45, 7) is 2.73. The molecule has 0 spiro atoms. The van der Waals surface area contributed by atoms with Crippen molar-refractivity contribution in [3.05, 3.63) is 39.7 Å². The highest BCUT2D eigenvalue weighted by atomic mass is 32.1. The number of thiophene rings is 1. The van der Waals surface area contributed by atoms with Crippen LogP contribution in [-0.4, -0.2) is 24.4 Å². The number of rotatable bonds is 5. The van der Waals surface area contributed by atoms with Gasteiger partial charge in [0.05, 0.1) is 18.7 Å². The fraction of sp³-hybridized carbons (Fsp3) is 0.444. The van der Waals surface area contributed by atoms with E-state index >= 15 is 0 Å². The first-order valence-electron chi connectivity index (χ1n) is 8.15. The Labute approximate surface area is 145 Å². The molecule has 0 fully saturated rings. The first-order chi connectivity index (χ1) is 11.6. The van der Waals surface area contributed by atoms with E-state index in [0.717, 1.165) is 42.8 Å². The van der Waals surface area contributed by atoms with Gasteiger partial charge in [0.15, 0.2) is 0 Å². The Bertz CT molecular complexity index is 785. The Kier molecular flexibility index (Phi) is 5.03. The average molecular weight is 343 g/mol. The third kappa shape index (κ3) is 3.69. The monoisotopic (exact) mass is 343 g/mol. The predicted octanol–water partition coefficient (Wildman–Crippen LogP) is 3.47. The summed E-state index contributed by atoms with van der Waals surface area (Å²) >= 11 is 1.56. The maximum absolute atomic E-state index is 12.3. The summed E-state index contributed by atoms with van der Waals surface area (Å²) in [4.78, 5) is 15.5. The van der Waals surface area contributed by atoms with E-state index in [1.54, 1.807) is 11.3 Å². The van der Waals surface area contributed by atoms with Crippen LogP contribution in [0, 0.1) is 18.3 Å². The number of furan rings is 1. The largest absolute Gasteiger partial charge is 0.465 e. The Hall–Kier alpha value is -2.10. The molecule has 6 heteroatoms. The van der Waals surface area contributed by atoms with E-state index in [2.05, 4.69) is 11.4 Å². The van der Waals surface area contributed by atoms with E-state index < -0.39 is 0 Å². The molecule has 0 aromatic carbocycles. The van der Waals surface area contributed by atoms with Crippen LogP contribution in [0.3, 0.4) is 0 Å². The standard InChI is InChI=1S/C18H21N3O2S/c1-12-7-8-13(23-12)10-21(2)11-17(22)20-18-15(9-19)14-5-3-4-6-16(14)24-18/h7-8H,3-6,10-11H2,1-2H3,(H,20,22). The molecule has 1 amide bonds. The van der Waals surface area contributed by atoms with Crippen LogP contribution >= 0.6 is 11.3 Å².